The molecular formula is C38H41Cl2N3O5S. The predicted octanol–water partition coefficient (Wildman–Crippen LogP) is 7.59. The van der Waals surface area contributed by atoms with Gasteiger partial charge in [-0.15, -0.1) is 0 Å². The predicted molar refractivity (Wildman–Crippen MR) is 195 cm³/mol. The van der Waals surface area contributed by atoms with E-state index in [9.17, 15) is 18.0 Å². The fourth-order valence-electron chi connectivity index (χ4n) is 6.05. The van der Waals surface area contributed by atoms with Gasteiger partial charge in [-0.25, -0.2) is 8.42 Å². The number of benzene rings is 4. The standard InChI is InChI=1S/C38H41Cl2N3O5S/c1-3-48-36-16-10-9-15-34(36)43(49(46,47)32-21-17-27(2)18-22-32)26-37(44)42(25-29-19-20-30(39)24-33(29)40)35(23-28-11-5-4-6-12-28)38(45)41-31-13-7-8-14-31/h4-6,9-12,15-22,24,31,35H,3,7-8,13-14,23,25-26H2,1-2H3,(H,41,45)/t35-/m0/s1. The molecule has 4 aromatic carbocycles. The number of halogens is 2. The fourth-order valence-corrected chi connectivity index (χ4v) is 7.94. The number of amides is 2. The SMILES string of the molecule is CCOc1ccccc1N(CC(=O)N(Cc1ccc(Cl)cc1Cl)[C@@H](Cc1ccccc1)C(=O)NC1CCCC1)S(=O)(=O)c1ccc(C)cc1. The average Bonchev–Trinajstić information content (AvgIpc) is 3.60. The molecule has 0 radical (unpaired) electrons. The van der Waals surface area contributed by atoms with Crippen LogP contribution in [0.3, 0.4) is 0 Å². The number of nitrogens with one attached hydrogen (secondary N) is 1. The van der Waals surface area contributed by atoms with E-state index in [1.54, 1.807) is 61.5 Å². The minimum absolute atomic E-state index is 0.00155. The topological polar surface area (TPSA) is 96.0 Å². The molecular weight excluding hydrogens is 681 g/mol. The van der Waals surface area contributed by atoms with E-state index in [4.69, 9.17) is 27.9 Å². The van der Waals surface area contributed by atoms with Gasteiger partial charge in [0.1, 0.15) is 18.3 Å². The summed E-state index contributed by atoms with van der Waals surface area (Å²) in [5, 5.41) is 3.93. The monoisotopic (exact) mass is 721 g/mol. The van der Waals surface area contributed by atoms with Crippen molar-refractivity contribution < 1.29 is 22.7 Å². The summed E-state index contributed by atoms with van der Waals surface area (Å²) in [6.07, 6.45) is 3.95. The third-order valence-electron chi connectivity index (χ3n) is 8.65. The van der Waals surface area contributed by atoms with Gasteiger partial charge in [-0.1, -0.05) is 102 Å². The molecule has 0 bridgehead atoms. The van der Waals surface area contributed by atoms with Crippen molar-refractivity contribution in [3.8, 4) is 5.75 Å². The van der Waals surface area contributed by atoms with Gasteiger partial charge in [-0.05, 0) is 74.2 Å². The number of rotatable bonds is 14. The summed E-state index contributed by atoms with van der Waals surface area (Å²) in [6, 6.07) is 26.6. The van der Waals surface area contributed by atoms with Crippen molar-refractivity contribution >= 4 is 50.7 Å². The first-order valence-corrected chi connectivity index (χ1v) is 18.7. The number of aryl methyl sites for hydroxylation is 1. The van der Waals surface area contributed by atoms with E-state index in [1.807, 2.05) is 37.3 Å². The normalized spacial score (nSPS) is 13.9. The highest BCUT2D eigenvalue weighted by molar-refractivity contribution is 7.92. The first-order valence-electron chi connectivity index (χ1n) is 16.5. The van der Waals surface area contributed by atoms with Crippen LogP contribution in [0.2, 0.25) is 10.0 Å². The molecule has 0 saturated heterocycles. The van der Waals surface area contributed by atoms with Crippen molar-refractivity contribution in [2.75, 3.05) is 17.5 Å². The summed E-state index contributed by atoms with van der Waals surface area (Å²) in [6.45, 7) is 3.29. The van der Waals surface area contributed by atoms with E-state index in [-0.39, 0.29) is 42.1 Å². The number of para-hydroxylation sites is 2. The lowest BCUT2D eigenvalue weighted by Gasteiger charge is -2.34. The maximum Gasteiger partial charge on any atom is 0.264 e. The summed E-state index contributed by atoms with van der Waals surface area (Å²) < 4.78 is 35.7. The zero-order valence-corrected chi connectivity index (χ0v) is 30.0. The molecule has 0 spiro atoms. The Morgan fingerprint density at radius 1 is 0.918 bits per heavy atom. The van der Waals surface area contributed by atoms with Crippen molar-refractivity contribution in [1.29, 1.82) is 0 Å². The number of carbonyl (C=O) groups is 2. The van der Waals surface area contributed by atoms with Crippen LogP contribution in [0.5, 0.6) is 5.75 Å². The Morgan fingerprint density at radius 3 is 2.27 bits per heavy atom. The second-order valence-electron chi connectivity index (χ2n) is 12.2. The molecule has 11 heteroatoms. The molecule has 1 atom stereocenters. The Morgan fingerprint density at radius 2 is 1.59 bits per heavy atom. The maximum absolute atomic E-state index is 14.8. The van der Waals surface area contributed by atoms with Crippen LogP contribution in [0.4, 0.5) is 5.69 Å². The number of anilines is 1. The second kappa shape index (κ2) is 16.6. The zero-order valence-electron chi connectivity index (χ0n) is 27.6. The second-order valence-corrected chi connectivity index (χ2v) is 14.9. The molecule has 1 N–H and O–H groups in total. The molecule has 0 aliphatic heterocycles. The van der Waals surface area contributed by atoms with Crippen LogP contribution in [0.1, 0.15) is 49.3 Å². The third-order valence-corrected chi connectivity index (χ3v) is 11.0. The van der Waals surface area contributed by atoms with Crippen molar-refractivity contribution in [3.63, 3.8) is 0 Å². The Bertz CT molecular complexity index is 1850. The molecule has 49 heavy (non-hydrogen) atoms. The van der Waals surface area contributed by atoms with Crippen LogP contribution in [0.15, 0.2) is 102 Å². The van der Waals surface area contributed by atoms with Gasteiger partial charge in [0.05, 0.1) is 17.2 Å². The van der Waals surface area contributed by atoms with Gasteiger partial charge in [0.25, 0.3) is 10.0 Å². The summed E-state index contributed by atoms with van der Waals surface area (Å²) in [5.74, 6) is -0.590. The summed E-state index contributed by atoms with van der Waals surface area (Å²) in [4.78, 5) is 30.5. The number of hydrogen-bond acceptors (Lipinski definition) is 5. The van der Waals surface area contributed by atoms with E-state index in [0.29, 0.717) is 21.4 Å². The molecule has 0 aromatic heterocycles. The Balaban J connectivity index is 1.61. The molecule has 0 unspecified atom stereocenters. The smallest absolute Gasteiger partial charge is 0.264 e. The number of carbonyl (C=O) groups excluding carboxylic acids is 2. The lowest BCUT2D eigenvalue weighted by molar-refractivity contribution is -0.140. The van der Waals surface area contributed by atoms with Crippen molar-refractivity contribution in [2.24, 2.45) is 0 Å². The van der Waals surface area contributed by atoms with Gasteiger partial charge < -0.3 is 15.0 Å². The van der Waals surface area contributed by atoms with Gasteiger partial charge in [0.15, 0.2) is 0 Å². The molecule has 0 heterocycles. The highest BCUT2D eigenvalue weighted by Gasteiger charge is 2.36. The van der Waals surface area contributed by atoms with Gasteiger partial charge in [-0.3, -0.25) is 13.9 Å². The number of sulfonamides is 1. The maximum atomic E-state index is 14.8. The average molecular weight is 723 g/mol. The van der Waals surface area contributed by atoms with E-state index in [0.717, 1.165) is 41.1 Å². The summed E-state index contributed by atoms with van der Waals surface area (Å²) >= 11 is 12.8. The molecule has 1 aliphatic carbocycles. The van der Waals surface area contributed by atoms with Crippen LogP contribution < -0.4 is 14.4 Å². The number of hydrogen-bond donors (Lipinski definition) is 1. The Kier molecular flexibility index (Phi) is 12.3. The lowest BCUT2D eigenvalue weighted by Crippen LogP contribution is -2.54. The molecule has 8 nitrogen and oxygen atoms in total. The van der Waals surface area contributed by atoms with Gasteiger partial charge in [0, 0.05) is 29.1 Å². The van der Waals surface area contributed by atoms with Gasteiger partial charge in [0.2, 0.25) is 11.8 Å². The van der Waals surface area contributed by atoms with Crippen LogP contribution in [0.25, 0.3) is 0 Å². The van der Waals surface area contributed by atoms with E-state index >= 15 is 0 Å². The summed E-state index contributed by atoms with van der Waals surface area (Å²) in [5.41, 5.74) is 2.51. The van der Waals surface area contributed by atoms with Crippen LogP contribution in [0, 0.1) is 6.92 Å². The van der Waals surface area contributed by atoms with Crippen molar-refractivity contribution in [2.45, 2.75) is 69.5 Å². The van der Waals surface area contributed by atoms with Crippen LogP contribution in [-0.4, -0.2) is 50.4 Å². The molecule has 258 valence electrons. The van der Waals surface area contributed by atoms with E-state index in [1.165, 1.54) is 17.0 Å². The fraction of sp³-hybridized carbons (Fsp3) is 0.316. The lowest BCUT2D eigenvalue weighted by atomic mass is 10.0. The first kappa shape index (κ1) is 36.2. The minimum Gasteiger partial charge on any atom is -0.492 e. The first-order chi connectivity index (χ1) is 23.6. The highest BCUT2D eigenvalue weighted by Crippen LogP contribution is 2.33. The molecule has 1 aliphatic rings. The highest BCUT2D eigenvalue weighted by atomic mass is 35.5. The number of ether oxygens (including phenoxy) is 1. The Hall–Kier alpha value is -4.05. The van der Waals surface area contributed by atoms with Crippen LogP contribution in [-0.2, 0) is 32.6 Å². The van der Waals surface area contributed by atoms with Gasteiger partial charge in [-0.2, -0.15) is 0 Å². The quantitative estimate of drug-likeness (QED) is 0.145. The van der Waals surface area contributed by atoms with E-state index in [2.05, 4.69) is 5.32 Å². The number of nitrogens with zero attached hydrogens (tertiary/aromatic N) is 2. The largest absolute Gasteiger partial charge is 0.492 e. The van der Waals surface area contributed by atoms with Gasteiger partial charge >= 0.3 is 0 Å². The molecule has 1 saturated carbocycles. The third kappa shape index (κ3) is 9.15. The van der Waals surface area contributed by atoms with E-state index < -0.39 is 28.5 Å². The molecule has 2 amide bonds. The minimum atomic E-state index is -4.29. The van der Waals surface area contributed by atoms with Crippen molar-refractivity contribution in [1.82, 2.24) is 10.2 Å². The Labute approximate surface area is 299 Å². The van der Waals surface area contributed by atoms with Crippen molar-refractivity contribution in [3.05, 3.63) is 124 Å². The molecule has 1 fully saturated rings. The van der Waals surface area contributed by atoms with Crippen LogP contribution >= 0.6 is 23.2 Å². The zero-order chi connectivity index (χ0) is 35.0. The molecule has 5 rings (SSSR count). The summed E-state index contributed by atoms with van der Waals surface area (Å²) in [7, 11) is -4.29. The molecule has 4 aromatic rings.